The van der Waals surface area contributed by atoms with Gasteiger partial charge in [-0.2, -0.15) is 5.10 Å². The maximum atomic E-state index is 4.33. The Balaban J connectivity index is 1.90. The normalized spacial score (nSPS) is 20.6. The molecule has 0 saturated carbocycles. The van der Waals surface area contributed by atoms with Crippen molar-refractivity contribution in [3.63, 3.8) is 0 Å². The fourth-order valence-electron chi connectivity index (χ4n) is 2.33. The molecule has 1 saturated heterocycles. The maximum absolute atomic E-state index is 4.33. The number of likely N-dealkylation sites (tertiary alicyclic amines) is 1. The van der Waals surface area contributed by atoms with E-state index in [1.165, 1.54) is 12.8 Å². The Hall–Kier alpha value is -0.940. The molecule has 1 aliphatic heterocycles. The van der Waals surface area contributed by atoms with Crippen LogP contribution in [0.5, 0.6) is 0 Å². The highest BCUT2D eigenvalue weighted by Crippen LogP contribution is 2.21. The Morgan fingerprint density at radius 1 is 1.41 bits per heavy atom. The van der Waals surface area contributed by atoms with Gasteiger partial charge in [0.1, 0.15) is 12.2 Å². The largest absolute Gasteiger partial charge is 0.314 e. The van der Waals surface area contributed by atoms with Crippen LogP contribution in [0, 0.1) is 0 Å². The summed E-state index contributed by atoms with van der Waals surface area (Å²) in [4.78, 5) is 6.80. The van der Waals surface area contributed by atoms with Crippen LogP contribution >= 0.6 is 0 Å². The van der Waals surface area contributed by atoms with E-state index in [0.717, 1.165) is 32.0 Å². The van der Waals surface area contributed by atoms with Gasteiger partial charge in [0.05, 0.1) is 6.54 Å². The fourth-order valence-corrected chi connectivity index (χ4v) is 2.33. The van der Waals surface area contributed by atoms with Crippen molar-refractivity contribution in [2.45, 2.75) is 45.3 Å². The molecular weight excluding hydrogens is 214 g/mol. The Labute approximate surface area is 103 Å². The number of piperidine rings is 1. The molecule has 0 aromatic carbocycles. The molecule has 1 aromatic heterocycles. The van der Waals surface area contributed by atoms with E-state index in [9.17, 15) is 0 Å². The zero-order valence-electron chi connectivity index (χ0n) is 11.1. The third kappa shape index (κ3) is 2.84. The van der Waals surface area contributed by atoms with Crippen molar-refractivity contribution in [1.82, 2.24) is 25.0 Å². The monoisotopic (exact) mass is 237 g/mol. The van der Waals surface area contributed by atoms with Gasteiger partial charge in [-0.25, -0.2) is 9.67 Å². The quantitative estimate of drug-likeness (QED) is 0.844. The van der Waals surface area contributed by atoms with Gasteiger partial charge in [0.15, 0.2) is 0 Å². The van der Waals surface area contributed by atoms with Crippen molar-refractivity contribution in [2.24, 2.45) is 0 Å². The molecule has 0 radical (unpaired) electrons. The lowest BCUT2D eigenvalue weighted by Crippen LogP contribution is -2.49. The molecular formula is C12H23N5. The van der Waals surface area contributed by atoms with E-state index in [1.54, 1.807) is 6.33 Å². The van der Waals surface area contributed by atoms with E-state index in [-0.39, 0.29) is 0 Å². The van der Waals surface area contributed by atoms with Crippen LogP contribution in [-0.2, 0) is 13.1 Å². The molecule has 5 heteroatoms. The van der Waals surface area contributed by atoms with Gasteiger partial charge < -0.3 is 5.32 Å². The van der Waals surface area contributed by atoms with Crippen molar-refractivity contribution in [2.75, 3.05) is 20.1 Å². The first-order chi connectivity index (χ1) is 8.17. The minimum atomic E-state index is 0.314. The van der Waals surface area contributed by atoms with E-state index < -0.39 is 0 Å². The van der Waals surface area contributed by atoms with E-state index in [1.807, 2.05) is 4.68 Å². The lowest BCUT2D eigenvalue weighted by Gasteiger charge is -2.39. The van der Waals surface area contributed by atoms with Crippen molar-refractivity contribution in [3.05, 3.63) is 12.2 Å². The highest BCUT2D eigenvalue weighted by Gasteiger charge is 2.28. The lowest BCUT2D eigenvalue weighted by atomic mass is 9.90. The van der Waals surface area contributed by atoms with Gasteiger partial charge in [-0.3, -0.25) is 4.90 Å². The average molecular weight is 237 g/mol. The summed E-state index contributed by atoms with van der Waals surface area (Å²) in [6.07, 6.45) is 4.05. The van der Waals surface area contributed by atoms with E-state index in [4.69, 9.17) is 0 Å². The highest BCUT2D eigenvalue weighted by atomic mass is 15.3. The van der Waals surface area contributed by atoms with Crippen molar-refractivity contribution in [3.8, 4) is 0 Å². The minimum Gasteiger partial charge on any atom is -0.314 e. The van der Waals surface area contributed by atoms with Crippen LogP contribution in [0.4, 0.5) is 0 Å². The SMILES string of the molecule is CCn1ncnc1CN1CCC(C)(NC)CC1. The minimum absolute atomic E-state index is 0.314. The van der Waals surface area contributed by atoms with Gasteiger partial charge in [-0.05, 0) is 33.7 Å². The molecule has 0 atom stereocenters. The van der Waals surface area contributed by atoms with E-state index >= 15 is 0 Å². The van der Waals surface area contributed by atoms with Crippen LogP contribution in [0.1, 0.15) is 32.5 Å². The topological polar surface area (TPSA) is 46.0 Å². The first-order valence-corrected chi connectivity index (χ1v) is 6.45. The number of nitrogens with one attached hydrogen (secondary N) is 1. The first-order valence-electron chi connectivity index (χ1n) is 6.45. The average Bonchev–Trinajstić information content (AvgIpc) is 2.80. The van der Waals surface area contributed by atoms with Gasteiger partial charge in [0.25, 0.3) is 0 Å². The molecule has 0 aliphatic carbocycles. The van der Waals surface area contributed by atoms with Crippen molar-refractivity contribution < 1.29 is 0 Å². The Morgan fingerprint density at radius 3 is 2.71 bits per heavy atom. The predicted octanol–water partition coefficient (Wildman–Crippen LogP) is 0.872. The molecule has 2 rings (SSSR count). The van der Waals surface area contributed by atoms with Crippen LogP contribution in [0.3, 0.4) is 0 Å². The van der Waals surface area contributed by atoms with Gasteiger partial charge in [-0.15, -0.1) is 0 Å². The summed E-state index contributed by atoms with van der Waals surface area (Å²) in [5, 5.41) is 7.63. The second-order valence-electron chi connectivity index (χ2n) is 5.08. The van der Waals surface area contributed by atoms with E-state index in [2.05, 4.69) is 41.2 Å². The second kappa shape index (κ2) is 5.14. The number of hydrogen-bond acceptors (Lipinski definition) is 4. The summed E-state index contributed by atoms with van der Waals surface area (Å²) < 4.78 is 1.98. The summed E-state index contributed by atoms with van der Waals surface area (Å²) in [7, 11) is 2.06. The Kier molecular flexibility index (Phi) is 3.79. The molecule has 1 N–H and O–H groups in total. The third-order valence-corrected chi connectivity index (χ3v) is 3.92. The number of aromatic nitrogens is 3. The van der Waals surface area contributed by atoms with Crippen LogP contribution in [0.25, 0.3) is 0 Å². The zero-order valence-corrected chi connectivity index (χ0v) is 11.1. The third-order valence-electron chi connectivity index (χ3n) is 3.92. The molecule has 0 amide bonds. The van der Waals surface area contributed by atoms with Crippen LogP contribution in [0.2, 0.25) is 0 Å². The number of nitrogens with zero attached hydrogens (tertiary/aromatic N) is 4. The van der Waals surface area contributed by atoms with Crippen molar-refractivity contribution >= 4 is 0 Å². The number of aryl methyl sites for hydroxylation is 1. The van der Waals surface area contributed by atoms with Crippen LogP contribution in [0.15, 0.2) is 6.33 Å². The van der Waals surface area contributed by atoms with Gasteiger partial charge >= 0.3 is 0 Å². The molecule has 96 valence electrons. The molecule has 0 unspecified atom stereocenters. The first kappa shape index (κ1) is 12.5. The van der Waals surface area contributed by atoms with E-state index in [0.29, 0.717) is 5.54 Å². The zero-order chi connectivity index (χ0) is 12.3. The number of rotatable bonds is 4. The molecule has 0 spiro atoms. The van der Waals surface area contributed by atoms with Crippen molar-refractivity contribution in [1.29, 1.82) is 0 Å². The lowest BCUT2D eigenvalue weighted by molar-refractivity contribution is 0.142. The molecule has 5 nitrogen and oxygen atoms in total. The molecule has 1 aliphatic rings. The summed E-state index contributed by atoms with van der Waals surface area (Å²) in [5.74, 6) is 1.08. The molecule has 1 aromatic rings. The fraction of sp³-hybridized carbons (Fsp3) is 0.833. The molecule has 2 heterocycles. The second-order valence-corrected chi connectivity index (χ2v) is 5.08. The molecule has 0 bridgehead atoms. The summed E-state index contributed by atoms with van der Waals surface area (Å²) >= 11 is 0. The highest BCUT2D eigenvalue weighted by molar-refractivity contribution is 4.91. The van der Waals surface area contributed by atoms with Gasteiger partial charge in [0.2, 0.25) is 0 Å². The Morgan fingerprint density at radius 2 is 2.12 bits per heavy atom. The molecule has 1 fully saturated rings. The summed E-state index contributed by atoms with van der Waals surface area (Å²) in [6.45, 7) is 8.50. The summed E-state index contributed by atoms with van der Waals surface area (Å²) in [5.41, 5.74) is 0.314. The predicted molar refractivity (Wildman–Crippen MR) is 67.7 cm³/mol. The van der Waals surface area contributed by atoms with Gasteiger partial charge in [0, 0.05) is 25.2 Å². The van der Waals surface area contributed by atoms with Crippen LogP contribution in [-0.4, -0.2) is 45.3 Å². The maximum Gasteiger partial charge on any atom is 0.140 e. The standard InChI is InChI=1S/C12H23N5/c1-4-17-11(14-10-15-17)9-16-7-5-12(2,13-3)6-8-16/h10,13H,4-9H2,1-3H3. The Bertz CT molecular complexity index is 352. The smallest absolute Gasteiger partial charge is 0.140 e. The van der Waals surface area contributed by atoms with Crippen LogP contribution < -0.4 is 5.32 Å². The summed E-state index contributed by atoms with van der Waals surface area (Å²) in [6, 6.07) is 0. The number of hydrogen-bond donors (Lipinski definition) is 1. The molecule has 17 heavy (non-hydrogen) atoms. The van der Waals surface area contributed by atoms with Gasteiger partial charge in [-0.1, -0.05) is 0 Å².